The minimum atomic E-state index is -1.09. The van der Waals surface area contributed by atoms with Gasteiger partial charge in [0, 0.05) is 6.20 Å². The highest BCUT2D eigenvalue weighted by Crippen LogP contribution is 2.46. The number of amides is 2. The SMILES string of the molecule is CC.Cc1cc(Oc2ccccc2)ccc1N1C(=O)Nc2c(C(=O)O)sc3nccc1c23. The predicted molar refractivity (Wildman–Crippen MR) is 127 cm³/mol. The molecule has 7 nitrogen and oxygen atoms in total. The standard InChI is InChI=1S/C22H15N3O4S.C2H6/c1-12-11-14(29-13-5-3-2-4-6-13)7-8-15(12)25-16-9-10-23-20-17(16)18(24-22(25)28)19(30-20)21(26)27;1-2/h2-11H,1H3,(H,24,28)(H,26,27);1-2H3. The summed E-state index contributed by atoms with van der Waals surface area (Å²) in [7, 11) is 0. The summed E-state index contributed by atoms with van der Waals surface area (Å²) in [5.74, 6) is 0.288. The number of aromatic nitrogens is 1. The van der Waals surface area contributed by atoms with Crippen LogP contribution < -0.4 is 15.0 Å². The van der Waals surface area contributed by atoms with Gasteiger partial charge in [-0.2, -0.15) is 0 Å². The van der Waals surface area contributed by atoms with Crippen molar-refractivity contribution < 1.29 is 19.4 Å². The number of hydrogen-bond acceptors (Lipinski definition) is 5. The first-order chi connectivity index (χ1) is 15.5. The molecule has 0 unspecified atom stereocenters. The Hall–Kier alpha value is -3.91. The monoisotopic (exact) mass is 447 g/mol. The highest BCUT2D eigenvalue weighted by molar-refractivity contribution is 7.21. The van der Waals surface area contributed by atoms with Crippen molar-refractivity contribution in [2.45, 2.75) is 20.8 Å². The van der Waals surface area contributed by atoms with E-state index in [1.54, 1.807) is 18.3 Å². The van der Waals surface area contributed by atoms with E-state index >= 15 is 0 Å². The molecule has 0 atom stereocenters. The number of pyridine rings is 1. The molecule has 4 aromatic rings. The van der Waals surface area contributed by atoms with E-state index in [2.05, 4.69) is 10.3 Å². The molecule has 0 aliphatic carbocycles. The first-order valence-corrected chi connectivity index (χ1v) is 10.9. The van der Waals surface area contributed by atoms with Gasteiger partial charge in [0.15, 0.2) is 0 Å². The Labute approximate surface area is 188 Å². The number of carboxylic acids is 1. The van der Waals surface area contributed by atoms with E-state index in [0.29, 0.717) is 33.0 Å². The van der Waals surface area contributed by atoms with E-state index in [1.165, 1.54) is 4.90 Å². The van der Waals surface area contributed by atoms with Gasteiger partial charge in [0.1, 0.15) is 21.2 Å². The highest BCUT2D eigenvalue weighted by atomic mass is 32.1. The van der Waals surface area contributed by atoms with Gasteiger partial charge in [-0.1, -0.05) is 32.0 Å². The van der Waals surface area contributed by atoms with Gasteiger partial charge in [0.25, 0.3) is 0 Å². The van der Waals surface area contributed by atoms with Crippen LogP contribution in [-0.2, 0) is 0 Å². The summed E-state index contributed by atoms with van der Waals surface area (Å²) in [6.45, 7) is 5.89. The largest absolute Gasteiger partial charge is 0.477 e. The Morgan fingerprint density at radius 2 is 1.81 bits per heavy atom. The number of carbonyl (C=O) groups excluding carboxylic acids is 1. The number of para-hydroxylation sites is 1. The van der Waals surface area contributed by atoms with Crippen molar-refractivity contribution in [3.63, 3.8) is 0 Å². The van der Waals surface area contributed by atoms with Crippen molar-refractivity contribution in [1.82, 2.24) is 4.98 Å². The molecule has 2 amide bonds. The summed E-state index contributed by atoms with van der Waals surface area (Å²) in [4.78, 5) is 31.0. The lowest BCUT2D eigenvalue weighted by Crippen LogP contribution is -2.34. The maximum absolute atomic E-state index is 13.0. The molecule has 162 valence electrons. The van der Waals surface area contributed by atoms with Gasteiger partial charge in [0.05, 0.1) is 22.4 Å². The van der Waals surface area contributed by atoms with Crippen LogP contribution in [-0.4, -0.2) is 22.1 Å². The number of hydrogen-bond donors (Lipinski definition) is 2. The molecule has 0 fully saturated rings. The number of thiophene rings is 1. The summed E-state index contributed by atoms with van der Waals surface area (Å²) in [5, 5.41) is 12.8. The van der Waals surface area contributed by atoms with Gasteiger partial charge in [-0.15, -0.1) is 11.3 Å². The number of aromatic carboxylic acids is 1. The number of nitrogens with one attached hydrogen (secondary N) is 1. The first kappa shape index (κ1) is 21.3. The number of anilines is 3. The van der Waals surface area contributed by atoms with E-state index < -0.39 is 12.0 Å². The average molecular weight is 448 g/mol. The molecule has 0 radical (unpaired) electrons. The summed E-state index contributed by atoms with van der Waals surface area (Å²) >= 11 is 1.05. The normalized spacial score (nSPS) is 12.1. The second-order valence-electron chi connectivity index (χ2n) is 6.75. The molecule has 5 rings (SSSR count). The van der Waals surface area contributed by atoms with Crippen LogP contribution in [0.4, 0.5) is 21.9 Å². The Morgan fingerprint density at radius 1 is 1.06 bits per heavy atom. The van der Waals surface area contributed by atoms with E-state index in [4.69, 9.17) is 4.74 Å². The number of ether oxygens (including phenoxy) is 1. The zero-order chi connectivity index (χ0) is 22.8. The van der Waals surface area contributed by atoms with Crippen LogP contribution >= 0.6 is 11.3 Å². The van der Waals surface area contributed by atoms with Crippen molar-refractivity contribution in [3.8, 4) is 11.5 Å². The lowest BCUT2D eigenvalue weighted by Gasteiger charge is -2.29. The van der Waals surface area contributed by atoms with Gasteiger partial charge >= 0.3 is 12.0 Å². The average Bonchev–Trinajstić information content (AvgIpc) is 3.17. The summed E-state index contributed by atoms with van der Waals surface area (Å²) < 4.78 is 5.88. The highest BCUT2D eigenvalue weighted by Gasteiger charge is 2.33. The number of carbonyl (C=O) groups is 2. The molecule has 0 saturated carbocycles. The van der Waals surface area contributed by atoms with Gasteiger partial charge in [-0.25, -0.2) is 14.6 Å². The molecule has 0 spiro atoms. The third-order valence-corrected chi connectivity index (χ3v) is 5.91. The van der Waals surface area contributed by atoms with Gasteiger partial charge in [0.2, 0.25) is 0 Å². The van der Waals surface area contributed by atoms with Crippen molar-refractivity contribution in [3.05, 3.63) is 71.2 Å². The molecule has 1 aliphatic rings. The number of nitrogens with zero attached hydrogens (tertiary/aromatic N) is 2. The third-order valence-electron chi connectivity index (χ3n) is 4.83. The van der Waals surface area contributed by atoms with Crippen molar-refractivity contribution in [2.24, 2.45) is 0 Å². The number of aryl methyl sites for hydroxylation is 1. The molecular formula is C24H21N3O4S. The number of carboxylic acid groups (broad SMARTS) is 1. The zero-order valence-electron chi connectivity index (χ0n) is 17.7. The van der Waals surface area contributed by atoms with Crippen LogP contribution in [0, 0.1) is 6.92 Å². The first-order valence-electron chi connectivity index (χ1n) is 10.1. The fourth-order valence-electron chi connectivity index (χ4n) is 3.54. The van der Waals surface area contributed by atoms with Gasteiger partial charge in [-0.3, -0.25) is 4.90 Å². The van der Waals surface area contributed by atoms with Crippen LogP contribution in [0.3, 0.4) is 0 Å². The maximum atomic E-state index is 13.0. The maximum Gasteiger partial charge on any atom is 0.348 e. The molecule has 2 N–H and O–H groups in total. The number of urea groups is 1. The van der Waals surface area contributed by atoms with Gasteiger partial charge < -0.3 is 15.2 Å². The molecule has 8 heteroatoms. The smallest absolute Gasteiger partial charge is 0.348 e. The molecule has 3 heterocycles. The van der Waals surface area contributed by atoms with Crippen molar-refractivity contribution >= 4 is 50.6 Å². The Kier molecular flexibility index (Phi) is 5.79. The topological polar surface area (TPSA) is 91.8 Å². The summed E-state index contributed by atoms with van der Waals surface area (Å²) in [5.41, 5.74) is 2.41. The molecule has 2 aromatic carbocycles. The van der Waals surface area contributed by atoms with E-state index in [-0.39, 0.29) is 4.88 Å². The van der Waals surface area contributed by atoms with Crippen LogP contribution in [0.15, 0.2) is 60.8 Å². The Morgan fingerprint density at radius 3 is 2.50 bits per heavy atom. The Bertz CT molecular complexity index is 1320. The minimum absolute atomic E-state index is 0.0706. The Balaban J connectivity index is 0.00000119. The predicted octanol–water partition coefficient (Wildman–Crippen LogP) is 6.81. The van der Waals surface area contributed by atoms with Crippen LogP contribution in [0.25, 0.3) is 10.2 Å². The van der Waals surface area contributed by atoms with E-state index in [1.807, 2.05) is 63.2 Å². The molecule has 0 saturated heterocycles. The minimum Gasteiger partial charge on any atom is -0.477 e. The van der Waals surface area contributed by atoms with Crippen molar-refractivity contribution in [2.75, 3.05) is 10.2 Å². The zero-order valence-corrected chi connectivity index (χ0v) is 18.6. The van der Waals surface area contributed by atoms with Crippen LogP contribution in [0.1, 0.15) is 29.1 Å². The van der Waals surface area contributed by atoms with Crippen LogP contribution in [0.2, 0.25) is 0 Å². The lowest BCUT2D eigenvalue weighted by molar-refractivity contribution is 0.0703. The number of rotatable bonds is 4. The lowest BCUT2D eigenvalue weighted by atomic mass is 10.1. The molecule has 1 aliphatic heterocycles. The summed E-state index contributed by atoms with van der Waals surface area (Å²) in [6.07, 6.45) is 1.58. The third kappa shape index (κ3) is 3.65. The second kappa shape index (κ2) is 8.68. The van der Waals surface area contributed by atoms with E-state index in [9.17, 15) is 14.7 Å². The fourth-order valence-corrected chi connectivity index (χ4v) is 4.50. The summed E-state index contributed by atoms with van der Waals surface area (Å²) in [6, 6.07) is 16.2. The molecule has 32 heavy (non-hydrogen) atoms. The van der Waals surface area contributed by atoms with Crippen molar-refractivity contribution in [1.29, 1.82) is 0 Å². The van der Waals surface area contributed by atoms with Gasteiger partial charge in [-0.05, 0) is 48.9 Å². The van der Waals surface area contributed by atoms with Crippen LogP contribution in [0.5, 0.6) is 11.5 Å². The fraction of sp³-hybridized carbons (Fsp3) is 0.125. The second-order valence-corrected chi connectivity index (χ2v) is 7.75. The van der Waals surface area contributed by atoms with E-state index in [0.717, 1.165) is 22.6 Å². The molecule has 2 aromatic heterocycles. The quantitative estimate of drug-likeness (QED) is 0.359. The number of benzene rings is 2. The molecule has 0 bridgehead atoms. The molecular weight excluding hydrogens is 426 g/mol.